The van der Waals surface area contributed by atoms with Crippen molar-refractivity contribution in [2.75, 3.05) is 44.2 Å². The number of nitrogens with zero attached hydrogens (tertiary/aromatic N) is 2. The zero-order chi connectivity index (χ0) is 13.7. The second-order valence-electron chi connectivity index (χ2n) is 4.56. The number of para-hydroxylation sites is 2. The molecule has 0 saturated carbocycles. The van der Waals surface area contributed by atoms with E-state index in [2.05, 4.69) is 9.80 Å². The minimum atomic E-state index is -0.168. The summed E-state index contributed by atoms with van der Waals surface area (Å²) < 4.78 is 4.94. The topological polar surface area (TPSA) is 53.0 Å². The van der Waals surface area contributed by atoms with E-state index in [0.29, 0.717) is 18.9 Å². The molecule has 2 rings (SSSR count). The van der Waals surface area contributed by atoms with Gasteiger partial charge in [0.1, 0.15) is 5.75 Å². The van der Waals surface area contributed by atoms with Gasteiger partial charge < -0.3 is 14.7 Å². The lowest BCUT2D eigenvalue weighted by atomic mass is 10.2. The zero-order valence-electron chi connectivity index (χ0n) is 11.2. The average Bonchev–Trinajstić information content (AvgIpc) is 2.41. The van der Waals surface area contributed by atoms with E-state index in [-0.39, 0.29) is 5.97 Å². The second kappa shape index (κ2) is 6.43. The lowest BCUT2D eigenvalue weighted by molar-refractivity contribution is -0.144. The quantitative estimate of drug-likeness (QED) is 0.825. The summed E-state index contributed by atoms with van der Waals surface area (Å²) in [5, 5.41) is 9.81. The molecule has 1 aromatic rings. The Morgan fingerprint density at radius 2 is 1.95 bits per heavy atom. The fourth-order valence-electron chi connectivity index (χ4n) is 2.27. The van der Waals surface area contributed by atoms with Crippen LogP contribution in [0, 0.1) is 0 Å². The Balaban J connectivity index is 1.86. The molecule has 0 aliphatic carbocycles. The molecule has 19 heavy (non-hydrogen) atoms. The number of rotatable bonds is 4. The molecule has 1 aliphatic heterocycles. The molecule has 0 aromatic heterocycles. The fourth-order valence-corrected chi connectivity index (χ4v) is 2.27. The molecule has 1 aromatic carbocycles. The van der Waals surface area contributed by atoms with Gasteiger partial charge in [-0.3, -0.25) is 9.69 Å². The van der Waals surface area contributed by atoms with E-state index in [9.17, 15) is 9.90 Å². The third-order valence-corrected chi connectivity index (χ3v) is 3.25. The Hall–Kier alpha value is -1.75. The number of ether oxygens (including phenoxy) is 1. The number of anilines is 1. The van der Waals surface area contributed by atoms with Gasteiger partial charge in [-0.2, -0.15) is 0 Å². The van der Waals surface area contributed by atoms with Crippen LogP contribution in [0.4, 0.5) is 5.69 Å². The summed E-state index contributed by atoms with van der Waals surface area (Å²) in [6.45, 7) is 5.79. The largest absolute Gasteiger partial charge is 0.506 e. The van der Waals surface area contributed by atoms with Crippen molar-refractivity contribution >= 4 is 11.7 Å². The van der Waals surface area contributed by atoms with Crippen molar-refractivity contribution in [2.24, 2.45) is 0 Å². The number of piperazine rings is 1. The van der Waals surface area contributed by atoms with E-state index in [1.807, 2.05) is 25.1 Å². The highest BCUT2D eigenvalue weighted by atomic mass is 16.5. The third kappa shape index (κ3) is 3.61. The lowest BCUT2D eigenvalue weighted by Gasteiger charge is -2.35. The monoisotopic (exact) mass is 264 g/mol. The van der Waals surface area contributed by atoms with Gasteiger partial charge >= 0.3 is 5.97 Å². The molecule has 0 atom stereocenters. The normalized spacial score (nSPS) is 16.4. The summed E-state index contributed by atoms with van der Waals surface area (Å²) in [7, 11) is 0. The van der Waals surface area contributed by atoms with Gasteiger partial charge in [0.15, 0.2) is 0 Å². The number of hydrogen-bond donors (Lipinski definition) is 1. The molecular formula is C14H20N2O3. The zero-order valence-corrected chi connectivity index (χ0v) is 11.2. The van der Waals surface area contributed by atoms with Crippen LogP contribution in [0.3, 0.4) is 0 Å². The Labute approximate surface area is 113 Å². The van der Waals surface area contributed by atoms with Crippen molar-refractivity contribution in [3.05, 3.63) is 24.3 Å². The van der Waals surface area contributed by atoms with Crippen LogP contribution >= 0.6 is 0 Å². The summed E-state index contributed by atoms with van der Waals surface area (Å²) in [5.74, 6) is 0.139. The molecule has 104 valence electrons. The third-order valence-electron chi connectivity index (χ3n) is 3.25. The molecule has 1 aliphatic rings. The van der Waals surface area contributed by atoms with Crippen molar-refractivity contribution in [3.8, 4) is 5.75 Å². The van der Waals surface area contributed by atoms with Crippen LogP contribution in [0.25, 0.3) is 0 Å². The van der Waals surface area contributed by atoms with Gasteiger partial charge in [-0.05, 0) is 19.1 Å². The van der Waals surface area contributed by atoms with Gasteiger partial charge in [0.2, 0.25) is 0 Å². The molecule has 5 heteroatoms. The Kier molecular flexibility index (Phi) is 4.63. The Morgan fingerprint density at radius 1 is 1.26 bits per heavy atom. The number of hydrogen-bond acceptors (Lipinski definition) is 5. The smallest absolute Gasteiger partial charge is 0.320 e. The van der Waals surface area contributed by atoms with Gasteiger partial charge in [-0.1, -0.05) is 12.1 Å². The van der Waals surface area contributed by atoms with Gasteiger partial charge in [0.05, 0.1) is 18.8 Å². The maximum Gasteiger partial charge on any atom is 0.320 e. The molecular weight excluding hydrogens is 244 g/mol. The number of carbonyl (C=O) groups is 1. The first kappa shape index (κ1) is 13.7. The molecule has 1 saturated heterocycles. The van der Waals surface area contributed by atoms with Gasteiger partial charge in [-0.25, -0.2) is 0 Å². The van der Waals surface area contributed by atoms with E-state index in [4.69, 9.17) is 4.74 Å². The van der Waals surface area contributed by atoms with E-state index in [1.54, 1.807) is 6.07 Å². The molecule has 1 fully saturated rings. The average molecular weight is 264 g/mol. The summed E-state index contributed by atoms with van der Waals surface area (Å²) in [6, 6.07) is 7.34. The van der Waals surface area contributed by atoms with Gasteiger partial charge in [-0.15, -0.1) is 0 Å². The standard InChI is InChI=1S/C14H20N2O3/c1-2-19-14(18)11-15-7-9-16(10-8-15)12-5-3-4-6-13(12)17/h3-6,17H,2,7-11H2,1H3. The van der Waals surface area contributed by atoms with Crippen LogP contribution in [0.5, 0.6) is 5.75 Å². The highest BCUT2D eigenvalue weighted by Crippen LogP contribution is 2.27. The van der Waals surface area contributed by atoms with Gasteiger partial charge in [0.25, 0.3) is 0 Å². The number of benzene rings is 1. The van der Waals surface area contributed by atoms with Crippen molar-refractivity contribution in [2.45, 2.75) is 6.92 Å². The van der Waals surface area contributed by atoms with Crippen LogP contribution in [-0.4, -0.2) is 55.3 Å². The van der Waals surface area contributed by atoms with Crippen LogP contribution < -0.4 is 4.90 Å². The van der Waals surface area contributed by atoms with Crippen LogP contribution in [-0.2, 0) is 9.53 Å². The highest BCUT2D eigenvalue weighted by molar-refractivity contribution is 5.71. The molecule has 1 N–H and O–H groups in total. The first-order valence-electron chi connectivity index (χ1n) is 6.61. The molecule has 0 radical (unpaired) electrons. The maximum atomic E-state index is 11.4. The van der Waals surface area contributed by atoms with Crippen molar-refractivity contribution < 1.29 is 14.6 Å². The van der Waals surface area contributed by atoms with Crippen LogP contribution in [0.15, 0.2) is 24.3 Å². The Morgan fingerprint density at radius 3 is 2.58 bits per heavy atom. The Bertz CT molecular complexity index is 428. The summed E-state index contributed by atoms with van der Waals surface area (Å²) in [4.78, 5) is 15.6. The van der Waals surface area contributed by atoms with Crippen molar-refractivity contribution in [1.29, 1.82) is 0 Å². The molecule has 0 amide bonds. The SMILES string of the molecule is CCOC(=O)CN1CCN(c2ccccc2O)CC1. The summed E-state index contributed by atoms with van der Waals surface area (Å²) >= 11 is 0. The second-order valence-corrected chi connectivity index (χ2v) is 4.56. The summed E-state index contributed by atoms with van der Waals surface area (Å²) in [5.41, 5.74) is 0.860. The molecule has 0 spiro atoms. The molecule has 0 unspecified atom stereocenters. The minimum Gasteiger partial charge on any atom is -0.506 e. The van der Waals surface area contributed by atoms with E-state index < -0.39 is 0 Å². The van der Waals surface area contributed by atoms with Crippen LogP contribution in [0.1, 0.15) is 6.92 Å². The van der Waals surface area contributed by atoms with Crippen LogP contribution in [0.2, 0.25) is 0 Å². The first-order chi connectivity index (χ1) is 9.20. The number of phenolic OH excluding ortho intramolecular Hbond substituents is 1. The number of carbonyl (C=O) groups excluding carboxylic acids is 1. The predicted molar refractivity (Wildman–Crippen MR) is 73.4 cm³/mol. The maximum absolute atomic E-state index is 11.4. The molecule has 5 nitrogen and oxygen atoms in total. The minimum absolute atomic E-state index is 0.168. The number of aromatic hydroxyl groups is 1. The number of phenols is 1. The van der Waals surface area contributed by atoms with Crippen molar-refractivity contribution in [3.63, 3.8) is 0 Å². The lowest BCUT2D eigenvalue weighted by Crippen LogP contribution is -2.48. The van der Waals surface area contributed by atoms with Crippen molar-refractivity contribution in [1.82, 2.24) is 4.90 Å². The summed E-state index contributed by atoms with van der Waals surface area (Å²) in [6.07, 6.45) is 0. The fraction of sp³-hybridized carbons (Fsp3) is 0.500. The highest BCUT2D eigenvalue weighted by Gasteiger charge is 2.20. The van der Waals surface area contributed by atoms with E-state index in [0.717, 1.165) is 31.9 Å². The predicted octanol–water partition coefficient (Wildman–Crippen LogP) is 1.08. The molecule has 0 bridgehead atoms. The van der Waals surface area contributed by atoms with Gasteiger partial charge in [0, 0.05) is 26.2 Å². The number of esters is 1. The first-order valence-corrected chi connectivity index (χ1v) is 6.61. The molecule has 1 heterocycles. The van der Waals surface area contributed by atoms with E-state index >= 15 is 0 Å². The van der Waals surface area contributed by atoms with E-state index in [1.165, 1.54) is 0 Å².